The van der Waals surface area contributed by atoms with Gasteiger partial charge in [-0.3, -0.25) is 3.97 Å². The molecule has 0 aliphatic carbocycles. The lowest BCUT2D eigenvalue weighted by atomic mass is 10.3. The van der Waals surface area contributed by atoms with E-state index in [4.69, 9.17) is 9.47 Å². The highest BCUT2D eigenvalue weighted by atomic mass is 127. The van der Waals surface area contributed by atoms with E-state index in [0.717, 1.165) is 11.0 Å². The van der Waals surface area contributed by atoms with Gasteiger partial charge in [0.05, 0.1) is 25.6 Å². The van der Waals surface area contributed by atoms with E-state index >= 15 is 0 Å². The van der Waals surface area contributed by atoms with Crippen molar-refractivity contribution < 1.29 is 14.3 Å². The summed E-state index contributed by atoms with van der Waals surface area (Å²) in [7, 11) is 2.90. The molecule has 1 saturated heterocycles. The molecule has 1 fully saturated rings. The molecule has 2 aromatic heterocycles. The van der Waals surface area contributed by atoms with Crippen LogP contribution in [0.4, 0.5) is 5.82 Å². The van der Waals surface area contributed by atoms with E-state index in [9.17, 15) is 4.79 Å². The van der Waals surface area contributed by atoms with Gasteiger partial charge in [-0.15, -0.1) is 0 Å². The van der Waals surface area contributed by atoms with Crippen molar-refractivity contribution >= 4 is 53.1 Å². The topological polar surface area (TPSA) is 81.5 Å². The van der Waals surface area contributed by atoms with E-state index in [1.165, 1.54) is 13.4 Å². The maximum absolute atomic E-state index is 11.6. The highest BCUT2D eigenvalue weighted by molar-refractivity contribution is 14.2. The first kappa shape index (κ1) is 15.8. The zero-order valence-corrected chi connectivity index (χ0v) is 14.7. The van der Waals surface area contributed by atoms with Crippen molar-refractivity contribution in [3.63, 3.8) is 0 Å². The summed E-state index contributed by atoms with van der Waals surface area (Å²) in [5.74, 6) is 0.339. The molecule has 3 rings (SSSR count). The second-order valence-corrected chi connectivity index (χ2v) is 6.32. The van der Waals surface area contributed by atoms with Crippen LogP contribution in [0.5, 0.6) is 0 Å². The molecule has 0 radical (unpaired) electrons. The summed E-state index contributed by atoms with van der Waals surface area (Å²) < 4.78 is 12.1. The van der Waals surface area contributed by atoms with Crippen LogP contribution in [0.3, 0.4) is 0 Å². The molecule has 10 heteroatoms. The number of esters is 1. The maximum Gasteiger partial charge on any atom is 0.336 e. The Hall–Kier alpha value is -1.11. The number of nitrogens with zero attached hydrogens (tertiary/aromatic N) is 4. The molecule has 3 heterocycles. The van der Waals surface area contributed by atoms with Gasteiger partial charge < -0.3 is 14.9 Å². The van der Waals surface area contributed by atoms with E-state index in [0.29, 0.717) is 25.5 Å². The van der Waals surface area contributed by atoms with Crippen LogP contribution in [0, 0.1) is 0 Å². The number of methoxy groups -OCH3 is 1. The minimum Gasteiger partial charge on any atom is -0.467 e. The van der Waals surface area contributed by atoms with E-state index in [1.54, 1.807) is 9.12 Å². The normalized spacial score (nSPS) is 19.3. The monoisotopic (exact) mass is 435 g/mol. The number of nitrogens with one attached hydrogen (secondary N) is 1. The van der Waals surface area contributed by atoms with Gasteiger partial charge in [-0.25, -0.2) is 19.8 Å². The van der Waals surface area contributed by atoms with Crippen molar-refractivity contribution in [3.8, 4) is 0 Å². The Morgan fingerprint density at radius 1 is 1.59 bits per heavy atom. The van der Waals surface area contributed by atoms with E-state index in [1.807, 2.05) is 21.2 Å². The summed E-state index contributed by atoms with van der Waals surface area (Å²) in [4.78, 5) is 20.2. The molecule has 0 bridgehead atoms. The van der Waals surface area contributed by atoms with Gasteiger partial charge in [-0.05, 0) is 6.07 Å². The van der Waals surface area contributed by atoms with Gasteiger partial charge in [0.15, 0.2) is 17.6 Å². The molecular formula is C12H14IN5O3S. The summed E-state index contributed by atoms with van der Waals surface area (Å²) in [6.45, 7) is 1.51. The Kier molecular flexibility index (Phi) is 5.00. The lowest BCUT2D eigenvalue weighted by Gasteiger charge is -2.31. The molecular weight excluding hydrogens is 421 g/mol. The third-order valence-corrected chi connectivity index (χ3v) is 5.03. The molecule has 0 aromatic carbocycles. The highest BCUT2D eigenvalue weighted by Crippen LogP contribution is 2.27. The van der Waals surface area contributed by atoms with Crippen molar-refractivity contribution in [2.45, 2.75) is 6.10 Å². The SMILES string of the molecule is COC(=O)C1CN(Nc2ncnc3c2ccn3SI)CCO1. The largest absolute Gasteiger partial charge is 0.467 e. The standard InChI is InChI=1S/C12H14IN5O3S/c1-20-12(19)9-6-17(4-5-21-9)16-10-8-2-3-18(22-13)11(8)15-7-14-10/h2-3,7,9H,4-6H2,1H3,(H,14,15,16). The predicted octanol–water partition coefficient (Wildman–Crippen LogP) is 1.48. The zero-order valence-electron chi connectivity index (χ0n) is 11.7. The molecule has 1 aliphatic rings. The van der Waals surface area contributed by atoms with Gasteiger partial charge in [-0.2, -0.15) is 0 Å². The van der Waals surface area contributed by atoms with Crippen LogP contribution in [-0.2, 0) is 14.3 Å². The second kappa shape index (κ2) is 6.98. The molecule has 0 saturated carbocycles. The molecule has 0 amide bonds. The molecule has 1 atom stereocenters. The Morgan fingerprint density at radius 2 is 2.45 bits per heavy atom. The number of hydrazine groups is 1. The number of rotatable bonds is 4. The van der Waals surface area contributed by atoms with Crippen molar-refractivity contribution in [2.75, 3.05) is 32.2 Å². The van der Waals surface area contributed by atoms with Crippen LogP contribution in [0.15, 0.2) is 18.6 Å². The Balaban J connectivity index is 1.78. The van der Waals surface area contributed by atoms with Gasteiger partial charge in [0, 0.05) is 43.1 Å². The third-order valence-electron chi connectivity index (χ3n) is 3.32. The first-order chi connectivity index (χ1) is 10.7. The van der Waals surface area contributed by atoms with Gasteiger partial charge in [0.25, 0.3) is 0 Å². The molecule has 118 valence electrons. The number of halogens is 1. The average Bonchev–Trinajstić information content (AvgIpc) is 2.98. The first-order valence-corrected chi connectivity index (χ1v) is 9.86. The fourth-order valence-corrected chi connectivity index (χ4v) is 3.52. The average molecular weight is 435 g/mol. The number of ether oxygens (including phenoxy) is 2. The van der Waals surface area contributed by atoms with Crippen LogP contribution >= 0.6 is 30.3 Å². The van der Waals surface area contributed by atoms with Gasteiger partial charge in [0.2, 0.25) is 0 Å². The van der Waals surface area contributed by atoms with Crippen LogP contribution in [0.2, 0.25) is 0 Å². The molecule has 1 unspecified atom stereocenters. The van der Waals surface area contributed by atoms with Crippen LogP contribution < -0.4 is 5.43 Å². The number of morpholine rings is 1. The Morgan fingerprint density at radius 3 is 3.23 bits per heavy atom. The van der Waals surface area contributed by atoms with E-state index in [2.05, 4.69) is 36.6 Å². The quantitative estimate of drug-likeness (QED) is 0.572. The molecule has 0 spiro atoms. The third kappa shape index (κ3) is 3.14. The Bertz CT molecular complexity index is 682. The molecule has 2 aromatic rings. The van der Waals surface area contributed by atoms with Crippen molar-refractivity contribution in [3.05, 3.63) is 18.6 Å². The van der Waals surface area contributed by atoms with Gasteiger partial charge >= 0.3 is 5.97 Å². The highest BCUT2D eigenvalue weighted by Gasteiger charge is 2.28. The van der Waals surface area contributed by atoms with E-state index in [-0.39, 0.29) is 5.97 Å². The van der Waals surface area contributed by atoms with Crippen LogP contribution in [0.1, 0.15) is 0 Å². The number of fused-ring (bicyclic) bond motifs is 1. The predicted molar refractivity (Wildman–Crippen MR) is 91.5 cm³/mol. The molecule has 1 N–H and O–H groups in total. The minimum absolute atomic E-state index is 0.369. The zero-order chi connectivity index (χ0) is 15.5. The summed E-state index contributed by atoms with van der Waals surface area (Å²) in [5.41, 5.74) is 4.08. The lowest BCUT2D eigenvalue weighted by molar-refractivity contribution is -0.159. The number of aromatic nitrogens is 3. The molecule has 1 aliphatic heterocycles. The number of hydrogen-bond acceptors (Lipinski definition) is 8. The van der Waals surface area contributed by atoms with Crippen molar-refractivity contribution in [2.24, 2.45) is 0 Å². The maximum atomic E-state index is 11.6. The molecule has 22 heavy (non-hydrogen) atoms. The van der Waals surface area contributed by atoms with Crippen molar-refractivity contribution in [1.82, 2.24) is 18.9 Å². The smallest absolute Gasteiger partial charge is 0.336 e. The first-order valence-electron chi connectivity index (χ1n) is 6.55. The fourth-order valence-electron chi connectivity index (χ4n) is 2.25. The number of carbonyl (C=O) groups is 1. The van der Waals surface area contributed by atoms with E-state index < -0.39 is 6.10 Å². The summed E-state index contributed by atoms with van der Waals surface area (Å²) in [6.07, 6.45) is 2.88. The van der Waals surface area contributed by atoms with Crippen molar-refractivity contribution in [1.29, 1.82) is 0 Å². The second-order valence-electron chi connectivity index (χ2n) is 4.61. The summed E-state index contributed by atoms with van der Waals surface area (Å²) >= 11 is 2.20. The number of anilines is 1. The lowest BCUT2D eigenvalue weighted by Crippen LogP contribution is -2.48. The number of hydrogen-bond donors (Lipinski definition) is 1. The Labute approximate surface area is 143 Å². The van der Waals surface area contributed by atoms with Crippen LogP contribution in [0.25, 0.3) is 11.0 Å². The summed E-state index contributed by atoms with van der Waals surface area (Å²) in [6, 6.07) is 1.96. The van der Waals surface area contributed by atoms with Crippen LogP contribution in [-0.4, -0.2) is 57.8 Å². The number of carbonyl (C=O) groups excluding carboxylic acids is 1. The van der Waals surface area contributed by atoms with Gasteiger partial charge in [0.1, 0.15) is 6.33 Å². The van der Waals surface area contributed by atoms with Gasteiger partial charge in [-0.1, -0.05) is 0 Å². The summed E-state index contributed by atoms with van der Waals surface area (Å²) in [5, 5.41) is 2.83. The molecule has 8 nitrogen and oxygen atoms in total. The minimum atomic E-state index is -0.585. The fraction of sp³-hybridized carbons (Fsp3) is 0.417.